The van der Waals surface area contributed by atoms with Crippen molar-refractivity contribution in [2.45, 2.75) is 12.8 Å². The summed E-state index contributed by atoms with van der Waals surface area (Å²) in [5.74, 6) is 4.47. The summed E-state index contributed by atoms with van der Waals surface area (Å²) in [4.78, 5) is 0. The van der Waals surface area contributed by atoms with E-state index in [2.05, 4.69) is 48.6 Å². The Morgan fingerprint density at radius 1 is 0.618 bits per heavy atom. The molecule has 5 aromatic rings. The maximum atomic E-state index is 5.44. The van der Waals surface area contributed by atoms with Crippen molar-refractivity contribution in [2.24, 2.45) is 0 Å². The number of rotatable bonds is 4. The maximum Gasteiger partial charge on any atom is 0.168 e. The molecule has 2 aromatic heterocycles. The van der Waals surface area contributed by atoms with Crippen molar-refractivity contribution < 1.29 is 9.47 Å². The molecule has 0 atom stereocenters. The smallest absolute Gasteiger partial charge is 0.168 e. The van der Waals surface area contributed by atoms with Crippen LogP contribution in [0.2, 0.25) is 0 Å². The van der Waals surface area contributed by atoms with Crippen LogP contribution < -0.4 is 9.47 Å². The third kappa shape index (κ3) is 2.99. The standard InChI is InChI=1S/C26H22N6O2/c1-16-23-27-29-25(17-8-6-10-19(14-17)33-2)31(23)21-12-4-5-13-22(21)32-24(16)28-30-26(32)18-9-7-11-20(15-18)34-3/h4-16H,1-3H3. The van der Waals surface area contributed by atoms with Crippen LogP contribution in [0.1, 0.15) is 24.5 Å². The van der Waals surface area contributed by atoms with Gasteiger partial charge < -0.3 is 9.47 Å². The van der Waals surface area contributed by atoms with Gasteiger partial charge >= 0.3 is 0 Å². The summed E-state index contributed by atoms with van der Waals surface area (Å²) in [5.41, 5.74) is 3.75. The second-order valence-corrected chi connectivity index (χ2v) is 8.11. The highest BCUT2D eigenvalue weighted by Crippen LogP contribution is 2.39. The van der Waals surface area contributed by atoms with Gasteiger partial charge in [0.05, 0.1) is 31.5 Å². The molecule has 0 saturated carbocycles. The van der Waals surface area contributed by atoms with Crippen LogP contribution in [0.5, 0.6) is 11.5 Å². The Kier molecular flexibility index (Phi) is 4.65. The zero-order valence-electron chi connectivity index (χ0n) is 19.0. The summed E-state index contributed by atoms with van der Waals surface area (Å²) in [6.45, 7) is 2.08. The summed E-state index contributed by atoms with van der Waals surface area (Å²) in [5, 5.41) is 18.4. The number of hydrogen-bond acceptors (Lipinski definition) is 6. The van der Waals surface area contributed by atoms with Gasteiger partial charge in [-0.25, -0.2) is 0 Å². The fraction of sp³-hybridized carbons (Fsp3) is 0.154. The van der Waals surface area contributed by atoms with Crippen LogP contribution in [-0.2, 0) is 0 Å². The van der Waals surface area contributed by atoms with Crippen LogP contribution in [0.15, 0.2) is 72.8 Å². The molecule has 6 rings (SSSR count). The molecule has 8 heteroatoms. The van der Waals surface area contributed by atoms with E-state index in [-0.39, 0.29) is 5.92 Å². The lowest BCUT2D eigenvalue weighted by Gasteiger charge is -2.14. The fourth-order valence-corrected chi connectivity index (χ4v) is 4.48. The van der Waals surface area contributed by atoms with Gasteiger partial charge in [-0.3, -0.25) is 9.13 Å². The lowest BCUT2D eigenvalue weighted by Crippen LogP contribution is -2.07. The van der Waals surface area contributed by atoms with Crippen molar-refractivity contribution >= 4 is 0 Å². The Labute approximate surface area is 196 Å². The predicted octanol–water partition coefficient (Wildman–Crippen LogP) is 4.66. The molecule has 8 nitrogen and oxygen atoms in total. The molecule has 0 saturated heterocycles. The maximum absolute atomic E-state index is 5.44. The summed E-state index contributed by atoms with van der Waals surface area (Å²) < 4.78 is 15.1. The van der Waals surface area contributed by atoms with Crippen molar-refractivity contribution in [1.29, 1.82) is 0 Å². The number of benzene rings is 3. The number of hydrogen-bond donors (Lipinski definition) is 0. The van der Waals surface area contributed by atoms with Crippen molar-refractivity contribution in [3.05, 3.63) is 84.4 Å². The largest absolute Gasteiger partial charge is 0.497 e. The molecule has 3 heterocycles. The number of ether oxygens (including phenoxy) is 2. The highest BCUT2D eigenvalue weighted by molar-refractivity contribution is 5.69. The van der Waals surface area contributed by atoms with Gasteiger partial charge in [0.25, 0.3) is 0 Å². The Bertz CT molecular complexity index is 1410. The highest BCUT2D eigenvalue weighted by atomic mass is 16.5. The van der Waals surface area contributed by atoms with Crippen LogP contribution >= 0.6 is 0 Å². The zero-order chi connectivity index (χ0) is 23.2. The van der Waals surface area contributed by atoms with E-state index >= 15 is 0 Å². The zero-order valence-corrected chi connectivity index (χ0v) is 19.0. The normalized spacial score (nSPS) is 12.4. The first-order chi connectivity index (χ1) is 16.7. The quantitative estimate of drug-likeness (QED) is 0.396. The lowest BCUT2D eigenvalue weighted by molar-refractivity contribution is 0.415. The van der Waals surface area contributed by atoms with Crippen molar-refractivity contribution in [1.82, 2.24) is 29.5 Å². The van der Waals surface area contributed by atoms with E-state index in [1.807, 2.05) is 60.7 Å². The van der Waals surface area contributed by atoms with E-state index in [0.29, 0.717) is 0 Å². The van der Waals surface area contributed by atoms with E-state index in [1.165, 1.54) is 0 Å². The number of aromatic nitrogens is 6. The SMILES string of the molecule is COc1cccc(-c2nnc3n2-c2ccccc2-n2c(-c4cccc(OC)c4)nnc2C3C)c1. The average molecular weight is 451 g/mol. The van der Waals surface area contributed by atoms with E-state index in [9.17, 15) is 0 Å². The monoisotopic (exact) mass is 450 g/mol. The van der Waals surface area contributed by atoms with Crippen molar-refractivity contribution in [2.75, 3.05) is 14.2 Å². The Balaban J connectivity index is 1.61. The van der Waals surface area contributed by atoms with Crippen molar-refractivity contribution in [3.63, 3.8) is 0 Å². The second-order valence-electron chi connectivity index (χ2n) is 8.11. The van der Waals surface area contributed by atoms with Crippen LogP contribution in [0, 0.1) is 0 Å². The lowest BCUT2D eigenvalue weighted by atomic mass is 10.1. The first-order valence-electron chi connectivity index (χ1n) is 11.0. The fourth-order valence-electron chi connectivity index (χ4n) is 4.48. The van der Waals surface area contributed by atoms with Gasteiger partial charge in [0.1, 0.15) is 23.1 Å². The minimum Gasteiger partial charge on any atom is -0.497 e. The van der Waals surface area contributed by atoms with Gasteiger partial charge in [0, 0.05) is 11.1 Å². The highest BCUT2D eigenvalue weighted by Gasteiger charge is 2.32. The Hall–Kier alpha value is -4.46. The van der Waals surface area contributed by atoms with Crippen LogP contribution in [0.25, 0.3) is 34.2 Å². The molecule has 0 radical (unpaired) electrons. The van der Waals surface area contributed by atoms with Crippen LogP contribution in [-0.4, -0.2) is 43.7 Å². The summed E-state index contributed by atoms with van der Waals surface area (Å²) in [6.07, 6.45) is 0. The van der Waals surface area contributed by atoms with E-state index in [0.717, 1.165) is 57.3 Å². The number of nitrogens with zero attached hydrogens (tertiary/aromatic N) is 6. The molecule has 34 heavy (non-hydrogen) atoms. The molecular formula is C26H22N6O2. The average Bonchev–Trinajstić information content (AvgIpc) is 3.51. The van der Waals surface area contributed by atoms with Crippen LogP contribution in [0.4, 0.5) is 0 Å². The first-order valence-corrected chi connectivity index (χ1v) is 11.0. The number of fused-ring (bicyclic) bond motifs is 5. The number of methoxy groups -OCH3 is 2. The Morgan fingerprint density at radius 3 is 1.53 bits per heavy atom. The summed E-state index contributed by atoms with van der Waals surface area (Å²) in [6, 6.07) is 23.9. The molecule has 0 spiro atoms. The first kappa shape index (κ1) is 20.2. The molecular weight excluding hydrogens is 428 g/mol. The van der Waals surface area contributed by atoms with Gasteiger partial charge in [-0.1, -0.05) is 36.4 Å². The molecule has 0 unspecified atom stereocenters. The van der Waals surface area contributed by atoms with Gasteiger partial charge in [0.15, 0.2) is 11.6 Å². The van der Waals surface area contributed by atoms with Gasteiger partial charge in [-0.05, 0) is 43.3 Å². The van der Waals surface area contributed by atoms with Crippen LogP contribution in [0.3, 0.4) is 0 Å². The van der Waals surface area contributed by atoms with Gasteiger partial charge in [-0.15, -0.1) is 20.4 Å². The number of para-hydroxylation sites is 2. The van der Waals surface area contributed by atoms with E-state index in [1.54, 1.807) is 14.2 Å². The molecule has 168 valence electrons. The van der Waals surface area contributed by atoms with Gasteiger partial charge in [0.2, 0.25) is 0 Å². The third-order valence-electron chi connectivity index (χ3n) is 6.17. The predicted molar refractivity (Wildman–Crippen MR) is 128 cm³/mol. The molecule has 0 N–H and O–H groups in total. The topological polar surface area (TPSA) is 79.9 Å². The van der Waals surface area contributed by atoms with E-state index in [4.69, 9.17) is 9.47 Å². The third-order valence-corrected chi connectivity index (χ3v) is 6.17. The molecule has 0 bridgehead atoms. The minimum atomic E-state index is -0.147. The minimum absolute atomic E-state index is 0.147. The Morgan fingerprint density at radius 2 is 1.09 bits per heavy atom. The molecule has 0 amide bonds. The van der Waals surface area contributed by atoms with E-state index < -0.39 is 0 Å². The molecule has 0 aliphatic carbocycles. The molecule has 1 aliphatic rings. The molecule has 1 aliphatic heterocycles. The van der Waals surface area contributed by atoms with Crippen molar-refractivity contribution in [3.8, 4) is 45.6 Å². The molecule has 3 aromatic carbocycles. The summed E-state index contributed by atoms with van der Waals surface area (Å²) >= 11 is 0. The summed E-state index contributed by atoms with van der Waals surface area (Å²) in [7, 11) is 3.32. The van der Waals surface area contributed by atoms with Gasteiger partial charge in [-0.2, -0.15) is 0 Å². The second kappa shape index (κ2) is 7.84. The molecule has 0 fully saturated rings.